The van der Waals surface area contributed by atoms with Crippen LogP contribution in [0.5, 0.6) is 0 Å². The Morgan fingerprint density at radius 2 is 2.14 bits per heavy atom. The Morgan fingerprint density at radius 3 is 2.76 bits per heavy atom. The molecular weight excluding hydrogens is 282 g/mol. The summed E-state index contributed by atoms with van der Waals surface area (Å²) >= 11 is 1.69. The average Bonchev–Trinajstić information content (AvgIpc) is 3.09. The first-order valence-electron chi connectivity index (χ1n) is 7.55. The van der Waals surface area contributed by atoms with Gasteiger partial charge in [0.1, 0.15) is 0 Å². The van der Waals surface area contributed by atoms with Crippen molar-refractivity contribution < 1.29 is 0 Å². The second kappa shape index (κ2) is 7.56. The Hall–Kier alpha value is -1.40. The van der Waals surface area contributed by atoms with E-state index < -0.39 is 0 Å². The molecule has 0 bridgehead atoms. The summed E-state index contributed by atoms with van der Waals surface area (Å²) in [5.74, 6) is 0. The lowest BCUT2D eigenvalue weighted by atomic mass is 10.2. The SMILES string of the molecule is CCN(CC)CCn1cc(NC(C)c2csc(C)n2)cn1. The topological polar surface area (TPSA) is 46.0 Å². The molecule has 5 nitrogen and oxygen atoms in total. The van der Waals surface area contributed by atoms with E-state index in [1.165, 1.54) is 0 Å². The number of anilines is 1. The van der Waals surface area contributed by atoms with Crippen molar-refractivity contribution >= 4 is 17.0 Å². The third-order valence-corrected chi connectivity index (χ3v) is 4.43. The minimum atomic E-state index is 0.204. The molecule has 6 heteroatoms. The zero-order valence-corrected chi connectivity index (χ0v) is 14.2. The first-order chi connectivity index (χ1) is 10.1. The maximum Gasteiger partial charge on any atom is 0.0898 e. The van der Waals surface area contributed by atoms with Gasteiger partial charge in [0.2, 0.25) is 0 Å². The predicted octanol–water partition coefficient (Wildman–Crippen LogP) is 3.16. The molecule has 0 aliphatic carbocycles. The number of thiazole rings is 1. The van der Waals surface area contributed by atoms with Crippen LogP contribution in [0.1, 0.15) is 37.5 Å². The molecule has 2 heterocycles. The second-order valence-electron chi connectivity index (χ2n) is 5.18. The van der Waals surface area contributed by atoms with Gasteiger partial charge in [0.25, 0.3) is 0 Å². The lowest BCUT2D eigenvalue weighted by molar-refractivity contribution is 0.285. The molecule has 2 aromatic heterocycles. The highest BCUT2D eigenvalue weighted by Gasteiger charge is 2.10. The van der Waals surface area contributed by atoms with Crippen LogP contribution in [0.25, 0.3) is 0 Å². The number of nitrogens with one attached hydrogen (secondary N) is 1. The van der Waals surface area contributed by atoms with Gasteiger partial charge in [0, 0.05) is 18.1 Å². The molecule has 0 aromatic carbocycles. The summed E-state index contributed by atoms with van der Waals surface area (Å²) in [6.07, 6.45) is 3.96. The van der Waals surface area contributed by atoms with E-state index in [-0.39, 0.29) is 6.04 Å². The predicted molar refractivity (Wildman–Crippen MR) is 88.9 cm³/mol. The summed E-state index contributed by atoms with van der Waals surface area (Å²) in [7, 11) is 0. The van der Waals surface area contributed by atoms with Crippen LogP contribution in [-0.2, 0) is 6.54 Å². The number of aryl methyl sites for hydroxylation is 1. The fourth-order valence-electron chi connectivity index (χ4n) is 2.25. The summed E-state index contributed by atoms with van der Waals surface area (Å²) in [5.41, 5.74) is 2.14. The van der Waals surface area contributed by atoms with E-state index >= 15 is 0 Å². The Morgan fingerprint density at radius 1 is 1.38 bits per heavy atom. The van der Waals surface area contributed by atoms with Crippen molar-refractivity contribution in [3.63, 3.8) is 0 Å². The van der Waals surface area contributed by atoms with Crippen LogP contribution < -0.4 is 5.32 Å². The van der Waals surface area contributed by atoms with Crippen LogP contribution in [0.3, 0.4) is 0 Å². The van der Waals surface area contributed by atoms with Gasteiger partial charge in [-0.25, -0.2) is 4.98 Å². The van der Waals surface area contributed by atoms with E-state index in [9.17, 15) is 0 Å². The third kappa shape index (κ3) is 4.54. The first-order valence-corrected chi connectivity index (χ1v) is 8.43. The molecule has 2 rings (SSSR count). The Balaban J connectivity index is 1.88. The molecule has 116 valence electrons. The standard InChI is InChI=1S/C15H25N5S/c1-5-19(6-2)7-8-20-10-14(9-16-20)17-12(3)15-11-21-13(4)18-15/h9-12,17H,5-8H2,1-4H3. The van der Waals surface area contributed by atoms with Crippen molar-refractivity contribution in [1.82, 2.24) is 19.7 Å². The van der Waals surface area contributed by atoms with Gasteiger partial charge in [0.15, 0.2) is 0 Å². The van der Waals surface area contributed by atoms with Crippen molar-refractivity contribution in [2.45, 2.75) is 40.3 Å². The van der Waals surface area contributed by atoms with E-state index in [4.69, 9.17) is 0 Å². The van der Waals surface area contributed by atoms with Crippen LogP contribution >= 0.6 is 11.3 Å². The smallest absolute Gasteiger partial charge is 0.0898 e. The molecule has 0 fully saturated rings. The molecule has 21 heavy (non-hydrogen) atoms. The number of hydrogen-bond donors (Lipinski definition) is 1. The molecule has 0 saturated carbocycles. The van der Waals surface area contributed by atoms with E-state index in [1.807, 2.05) is 17.8 Å². The van der Waals surface area contributed by atoms with Crippen molar-refractivity contribution in [2.75, 3.05) is 25.0 Å². The van der Waals surface area contributed by atoms with Gasteiger partial charge >= 0.3 is 0 Å². The minimum Gasteiger partial charge on any atom is -0.374 e. The molecule has 2 aromatic rings. The second-order valence-corrected chi connectivity index (χ2v) is 6.24. The largest absolute Gasteiger partial charge is 0.374 e. The van der Waals surface area contributed by atoms with Crippen LogP contribution in [0.15, 0.2) is 17.8 Å². The fourth-order valence-corrected chi connectivity index (χ4v) is 2.95. The molecule has 1 atom stereocenters. The van der Waals surface area contributed by atoms with Crippen molar-refractivity contribution in [2.24, 2.45) is 0 Å². The fraction of sp³-hybridized carbons (Fsp3) is 0.600. The van der Waals surface area contributed by atoms with Gasteiger partial charge in [0.05, 0.1) is 35.2 Å². The van der Waals surface area contributed by atoms with E-state index in [0.29, 0.717) is 0 Å². The van der Waals surface area contributed by atoms with Gasteiger partial charge in [-0.05, 0) is 26.9 Å². The van der Waals surface area contributed by atoms with Crippen molar-refractivity contribution in [1.29, 1.82) is 0 Å². The monoisotopic (exact) mass is 307 g/mol. The molecule has 1 unspecified atom stereocenters. The van der Waals surface area contributed by atoms with Gasteiger partial charge in [-0.15, -0.1) is 11.3 Å². The lowest BCUT2D eigenvalue weighted by Gasteiger charge is -2.17. The van der Waals surface area contributed by atoms with Gasteiger partial charge in [-0.2, -0.15) is 5.10 Å². The number of hydrogen-bond acceptors (Lipinski definition) is 5. The average molecular weight is 307 g/mol. The number of likely N-dealkylation sites (N-methyl/N-ethyl adjacent to an activating group) is 1. The first kappa shape index (κ1) is 16.0. The summed E-state index contributed by atoms with van der Waals surface area (Å²) < 4.78 is 2.00. The van der Waals surface area contributed by atoms with Crippen LogP contribution in [0.4, 0.5) is 5.69 Å². The van der Waals surface area contributed by atoms with Crippen LogP contribution in [0, 0.1) is 6.92 Å². The van der Waals surface area contributed by atoms with Crippen LogP contribution in [-0.4, -0.2) is 39.3 Å². The van der Waals surface area contributed by atoms with Gasteiger partial charge in [-0.3, -0.25) is 4.68 Å². The summed E-state index contributed by atoms with van der Waals surface area (Å²) in [6.45, 7) is 12.7. The molecule has 0 radical (unpaired) electrons. The van der Waals surface area contributed by atoms with E-state index in [2.05, 4.69) is 52.6 Å². The summed E-state index contributed by atoms with van der Waals surface area (Å²) in [4.78, 5) is 6.92. The highest BCUT2D eigenvalue weighted by Crippen LogP contribution is 2.20. The highest BCUT2D eigenvalue weighted by atomic mass is 32.1. The quantitative estimate of drug-likeness (QED) is 0.814. The van der Waals surface area contributed by atoms with Crippen molar-refractivity contribution in [3.05, 3.63) is 28.5 Å². The Bertz CT molecular complexity index is 544. The normalized spacial score (nSPS) is 12.8. The molecule has 0 aliphatic heterocycles. The summed E-state index contributed by atoms with van der Waals surface area (Å²) in [6, 6.07) is 0.204. The van der Waals surface area contributed by atoms with E-state index in [1.54, 1.807) is 11.3 Å². The van der Waals surface area contributed by atoms with Crippen LogP contribution in [0.2, 0.25) is 0 Å². The minimum absolute atomic E-state index is 0.204. The molecule has 0 aliphatic rings. The lowest BCUT2D eigenvalue weighted by Crippen LogP contribution is -2.27. The summed E-state index contributed by atoms with van der Waals surface area (Å²) in [5, 5.41) is 11.1. The molecule has 0 spiro atoms. The Labute approximate surface area is 131 Å². The third-order valence-electron chi connectivity index (χ3n) is 3.64. The highest BCUT2D eigenvalue weighted by molar-refractivity contribution is 7.09. The zero-order valence-electron chi connectivity index (χ0n) is 13.3. The van der Waals surface area contributed by atoms with Gasteiger partial charge < -0.3 is 10.2 Å². The molecular formula is C15H25N5S. The number of nitrogens with zero attached hydrogens (tertiary/aromatic N) is 4. The van der Waals surface area contributed by atoms with E-state index in [0.717, 1.165) is 42.6 Å². The molecule has 1 N–H and O–H groups in total. The molecule has 0 saturated heterocycles. The molecule has 0 amide bonds. The van der Waals surface area contributed by atoms with Crippen molar-refractivity contribution in [3.8, 4) is 0 Å². The maximum atomic E-state index is 4.52. The Kier molecular flexibility index (Phi) is 5.76. The number of rotatable bonds is 8. The number of aromatic nitrogens is 3. The maximum absolute atomic E-state index is 4.52. The zero-order chi connectivity index (χ0) is 15.2. The van der Waals surface area contributed by atoms with Gasteiger partial charge in [-0.1, -0.05) is 13.8 Å².